The second-order valence-corrected chi connectivity index (χ2v) is 6.91. The van der Waals surface area contributed by atoms with E-state index in [-0.39, 0.29) is 11.7 Å². The fourth-order valence-electron chi connectivity index (χ4n) is 3.02. The smallest absolute Gasteiger partial charge is 0.238 e. The first-order chi connectivity index (χ1) is 11.1. The molecule has 1 amide bonds. The van der Waals surface area contributed by atoms with Gasteiger partial charge in [-0.2, -0.15) is 0 Å². The van der Waals surface area contributed by atoms with E-state index in [0.29, 0.717) is 23.8 Å². The number of likely N-dealkylation sites (tertiary alicyclic amines) is 1. The van der Waals surface area contributed by atoms with Crippen molar-refractivity contribution >= 4 is 11.6 Å². The molecule has 1 heterocycles. The van der Waals surface area contributed by atoms with E-state index in [4.69, 9.17) is 0 Å². The van der Waals surface area contributed by atoms with E-state index in [1.54, 1.807) is 19.1 Å². The van der Waals surface area contributed by atoms with Gasteiger partial charge in [0, 0.05) is 24.8 Å². The summed E-state index contributed by atoms with van der Waals surface area (Å²) in [5, 5.41) is 6.42. The number of halogens is 1. The quantitative estimate of drug-likeness (QED) is 0.847. The third-order valence-corrected chi connectivity index (χ3v) is 4.80. The molecule has 0 bridgehead atoms. The van der Waals surface area contributed by atoms with Gasteiger partial charge in [-0.1, -0.05) is 6.07 Å². The lowest BCUT2D eigenvalue weighted by atomic mass is 10.0. The standard InChI is InChI=1S/C18H26FN3O/c1-13-2-5-16(10-17(13)19)21-18(23)12-22-8-6-15(7-9-22)20-11-14-3-4-14/h2,5,10,14-15,20H,3-4,6-9,11-12H2,1H3,(H,21,23). The Balaban J connectivity index is 1.39. The summed E-state index contributed by atoms with van der Waals surface area (Å²) in [6.07, 6.45) is 4.95. The van der Waals surface area contributed by atoms with Crippen LogP contribution >= 0.6 is 0 Å². The fourth-order valence-corrected chi connectivity index (χ4v) is 3.02. The van der Waals surface area contributed by atoms with Gasteiger partial charge in [0.15, 0.2) is 0 Å². The van der Waals surface area contributed by atoms with Crippen LogP contribution < -0.4 is 10.6 Å². The summed E-state index contributed by atoms with van der Waals surface area (Å²) >= 11 is 0. The van der Waals surface area contributed by atoms with Gasteiger partial charge in [-0.3, -0.25) is 9.69 Å². The monoisotopic (exact) mass is 319 g/mol. The van der Waals surface area contributed by atoms with Crippen LogP contribution in [0.3, 0.4) is 0 Å². The molecule has 1 aromatic carbocycles. The van der Waals surface area contributed by atoms with Crippen LogP contribution in [0.25, 0.3) is 0 Å². The normalized spacial score (nSPS) is 19.7. The lowest BCUT2D eigenvalue weighted by Crippen LogP contribution is -2.45. The van der Waals surface area contributed by atoms with E-state index in [1.165, 1.54) is 18.9 Å². The molecule has 0 radical (unpaired) electrons. The van der Waals surface area contributed by atoms with Crippen LogP contribution in [0, 0.1) is 18.7 Å². The number of hydrogen-bond donors (Lipinski definition) is 2. The minimum Gasteiger partial charge on any atom is -0.325 e. The summed E-state index contributed by atoms with van der Waals surface area (Å²) in [4.78, 5) is 14.3. The third-order valence-electron chi connectivity index (χ3n) is 4.80. The van der Waals surface area contributed by atoms with E-state index in [2.05, 4.69) is 15.5 Å². The largest absolute Gasteiger partial charge is 0.325 e. The Hall–Kier alpha value is -1.46. The first-order valence-electron chi connectivity index (χ1n) is 8.62. The second kappa shape index (κ2) is 7.41. The van der Waals surface area contributed by atoms with Gasteiger partial charge in [-0.15, -0.1) is 0 Å². The van der Waals surface area contributed by atoms with Crippen molar-refractivity contribution in [3.05, 3.63) is 29.6 Å². The number of carbonyl (C=O) groups excluding carboxylic acids is 1. The highest BCUT2D eigenvalue weighted by atomic mass is 19.1. The Morgan fingerprint density at radius 1 is 1.26 bits per heavy atom. The molecule has 1 aliphatic carbocycles. The Morgan fingerprint density at radius 2 is 2.00 bits per heavy atom. The molecule has 0 unspecified atom stereocenters. The Labute approximate surface area is 137 Å². The highest BCUT2D eigenvalue weighted by molar-refractivity contribution is 5.92. The predicted molar refractivity (Wildman–Crippen MR) is 90.0 cm³/mol. The van der Waals surface area contributed by atoms with Crippen LogP contribution in [0.4, 0.5) is 10.1 Å². The molecule has 2 fully saturated rings. The summed E-state index contributed by atoms with van der Waals surface area (Å²) in [7, 11) is 0. The van der Waals surface area contributed by atoms with Gasteiger partial charge in [0.05, 0.1) is 6.54 Å². The molecular weight excluding hydrogens is 293 g/mol. The molecule has 2 N–H and O–H groups in total. The molecule has 1 aliphatic heterocycles. The van der Waals surface area contributed by atoms with Crippen molar-refractivity contribution < 1.29 is 9.18 Å². The molecule has 1 aromatic rings. The Bertz CT molecular complexity index is 551. The first-order valence-corrected chi connectivity index (χ1v) is 8.62. The maximum atomic E-state index is 13.5. The van der Waals surface area contributed by atoms with Gasteiger partial charge >= 0.3 is 0 Å². The summed E-state index contributed by atoms with van der Waals surface area (Å²) in [5.74, 6) is 0.553. The van der Waals surface area contributed by atoms with E-state index in [0.717, 1.165) is 38.4 Å². The molecule has 4 nitrogen and oxygen atoms in total. The number of hydrogen-bond acceptors (Lipinski definition) is 3. The molecule has 0 spiro atoms. The molecule has 1 saturated heterocycles. The lowest BCUT2D eigenvalue weighted by molar-refractivity contribution is -0.117. The molecule has 2 aliphatic rings. The second-order valence-electron chi connectivity index (χ2n) is 6.91. The van der Waals surface area contributed by atoms with Crippen molar-refractivity contribution in [2.24, 2.45) is 5.92 Å². The molecular formula is C18H26FN3O. The molecule has 1 saturated carbocycles. The highest BCUT2D eigenvalue weighted by Crippen LogP contribution is 2.28. The predicted octanol–water partition coefficient (Wildman–Crippen LogP) is 2.54. The van der Waals surface area contributed by atoms with Crippen molar-refractivity contribution in [3.8, 4) is 0 Å². The number of rotatable bonds is 6. The summed E-state index contributed by atoms with van der Waals surface area (Å²) in [6, 6.07) is 5.40. The van der Waals surface area contributed by atoms with Crippen molar-refractivity contribution in [1.82, 2.24) is 10.2 Å². The van der Waals surface area contributed by atoms with Gasteiger partial charge in [0.1, 0.15) is 5.82 Å². The van der Waals surface area contributed by atoms with Crippen LogP contribution in [-0.2, 0) is 4.79 Å². The summed E-state index contributed by atoms with van der Waals surface area (Å²) in [6.45, 7) is 5.13. The molecule has 0 aromatic heterocycles. The van der Waals surface area contributed by atoms with Gasteiger partial charge in [0.25, 0.3) is 0 Å². The topological polar surface area (TPSA) is 44.4 Å². The van der Waals surface area contributed by atoms with Crippen LogP contribution in [0.2, 0.25) is 0 Å². The fraction of sp³-hybridized carbons (Fsp3) is 0.611. The molecule has 5 heteroatoms. The molecule has 0 atom stereocenters. The molecule has 3 rings (SSSR count). The Kier molecular flexibility index (Phi) is 5.28. The van der Waals surface area contributed by atoms with Gasteiger partial charge in [0.2, 0.25) is 5.91 Å². The molecule has 23 heavy (non-hydrogen) atoms. The van der Waals surface area contributed by atoms with E-state index in [1.807, 2.05) is 0 Å². The minimum atomic E-state index is -0.287. The van der Waals surface area contributed by atoms with E-state index >= 15 is 0 Å². The lowest BCUT2D eigenvalue weighted by Gasteiger charge is -2.32. The summed E-state index contributed by atoms with van der Waals surface area (Å²) in [5.41, 5.74) is 1.11. The highest BCUT2D eigenvalue weighted by Gasteiger charge is 2.24. The SMILES string of the molecule is Cc1ccc(NC(=O)CN2CCC(NCC3CC3)CC2)cc1F. The number of aryl methyl sites for hydroxylation is 1. The van der Waals surface area contributed by atoms with Crippen LogP contribution in [0.5, 0.6) is 0 Å². The number of carbonyl (C=O) groups is 1. The van der Waals surface area contributed by atoms with Gasteiger partial charge in [-0.05, 0) is 62.8 Å². The van der Waals surface area contributed by atoms with Gasteiger partial charge in [-0.25, -0.2) is 4.39 Å². The maximum absolute atomic E-state index is 13.5. The number of nitrogens with zero attached hydrogens (tertiary/aromatic N) is 1. The number of nitrogens with one attached hydrogen (secondary N) is 2. The van der Waals surface area contributed by atoms with Crippen molar-refractivity contribution in [3.63, 3.8) is 0 Å². The zero-order chi connectivity index (χ0) is 16.2. The minimum absolute atomic E-state index is 0.0716. The Morgan fingerprint density at radius 3 is 2.65 bits per heavy atom. The van der Waals surface area contributed by atoms with Crippen molar-refractivity contribution in [2.75, 3.05) is 31.5 Å². The maximum Gasteiger partial charge on any atom is 0.238 e. The zero-order valence-corrected chi connectivity index (χ0v) is 13.8. The first kappa shape index (κ1) is 16.4. The van der Waals surface area contributed by atoms with Crippen molar-refractivity contribution in [1.29, 1.82) is 0 Å². The number of benzene rings is 1. The van der Waals surface area contributed by atoms with Crippen molar-refractivity contribution in [2.45, 2.75) is 38.6 Å². The van der Waals surface area contributed by atoms with Crippen LogP contribution in [0.1, 0.15) is 31.2 Å². The van der Waals surface area contributed by atoms with Crippen LogP contribution in [-0.4, -0.2) is 43.0 Å². The zero-order valence-electron chi connectivity index (χ0n) is 13.8. The number of anilines is 1. The average Bonchev–Trinajstić information content (AvgIpc) is 3.34. The number of piperidine rings is 1. The van der Waals surface area contributed by atoms with E-state index < -0.39 is 0 Å². The van der Waals surface area contributed by atoms with E-state index in [9.17, 15) is 9.18 Å². The average molecular weight is 319 g/mol. The van der Waals surface area contributed by atoms with Gasteiger partial charge < -0.3 is 10.6 Å². The number of amides is 1. The summed E-state index contributed by atoms with van der Waals surface area (Å²) < 4.78 is 13.5. The molecule has 126 valence electrons. The third kappa shape index (κ3) is 5.01. The van der Waals surface area contributed by atoms with Crippen LogP contribution in [0.15, 0.2) is 18.2 Å².